The molecule has 1 atom stereocenters. The monoisotopic (exact) mass is 371 g/mol. The highest BCUT2D eigenvalue weighted by Crippen LogP contribution is 2.27. The summed E-state index contributed by atoms with van der Waals surface area (Å²) >= 11 is 1.85. The third-order valence-corrected chi connectivity index (χ3v) is 5.07. The van der Waals surface area contributed by atoms with Crippen LogP contribution < -0.4 is 0 Å². The molecular weight excluding hydrogens is 346 g/mol. The van der Waals surface area contributed by atoms with Crippen molar-refractivity contribution in [3.05, 3.63) is 54.5 Å². The summed E-state index contributed by atoms with van der Waals surface area (Å²) < 4.78 is 9.47. The first-order valence-corrected chi connectivity index (χ1v) is 10.1. The van der Waals surface area contributed by atoms with E-state index < -0.39 is 0 Å². The van der Waals surface area contributed by atoms with E-state index in [4.69, 9.17) is 9.72 Å². The first-order chi connectivity index (χ1) is 12.8. The number of methoxy groups -OCH3 is 1. The molecule has 0 aliphatic heterocycles. The first-order valence-electron chi connectivity index (χ1n) is 8.73. The molecule has 0 saturated heterocycles. The van der Waals surface area contributed by atoms with Crippen molar-refractivity contribution in [3.63, 3.8) is 0 Å². The van der Waals surface area contributed by atoms with Gasteiger partial charge in [0.1, 0.15) is 6.33 Å². The molecule has 26 heavy (non-hydrogen) atoms. The molecule has 0 spiro atoms. The van der Waals surface area contributed by atoms with E-state index in [1.54, 1.807) is 13.4 Å². The van der Waals surface area contributed by atoms with Crippen LogP contribution in [0.5, 0.6) is 0 Å². The molecule has 0 amide bonds. The molecule has 3 rings (SSSR count). The second-order valence-corrected chi connectivity index (χ2v) is 7.09. The van der Waals surface area contributed by atoms with Crippen LogP contribution in [0.3, 0.4) is 0 Å². The van der Waals surface area contributed by atoms with Gasteiger partial charge in [-0.05, 0) is 25.4 Å². The van der Waals surface area contributed by atoms with Crippen LogP contribution in [-0.2, 0) is 17.7 Å². The maximum absolute atomic E-state index is 5.20. The summed E-state index contributed by atoms with van der Waals surface area (Å²) in [6.45, 7) is 3.52. The quantitative estimate of drug-likeness (QED) is 0.578. The Bertz CT molecular complexity index is 814. The Morgan fingerprint density at radius 1 is 1.19 bits per heavy atom. The maximum Gasteiger partial charge on any atom is 0.155 e. The van der Waals surface area contributed by atoms with E-state index in [-0.39, 0.29) is 6.04 Å². The van der Waals surface area contributed by atoms with Gasteiger partial charge >= 0.3 is 0 Å². The van der Waals surface area contributed by atoms with Crippen LogP contribution in [0, 0.1) is 0 Å². The number of hydrogen-bond donors (Lipinski definition) is 0. The van der Waals surface area contributed by atoms with E-state index in [2.05, 4.69) is 56.8 Å². The highest BCUT2D eigenvalue weighted by atomic mass is 32.2. The van der Waals surface area contributed by atoms with Crippen molar-refractivity contribution in [2.75, 3.05) is 25.7 Å². The minimum Gasteiger partial charge on any atom is -0.383 e. The molecule has 0 unspecified atom stereocenters. The van der Waals surface area contributed by atoms with Crippen LogP contribution in [0.2, 0.25) is 0 Å². The van der Waals surface area contributed by atoms with Gasteiger partial charge < -0.3 is 13.9 Å². The molecule has 0 fully saturated rings. The normalized spacial score (nSPS) is 12.4. The summed E-state index contributed by atoms with van der Waals surface area (Å²) in [4.78, 5) is 4.73. The molecule has 0 aliphatic carbocycles. The lowest BCUT2D eigenvalue weighted by molar-refractivity contribution is 0.185. The van der Waals surface area contributed by atoms with Crippen molar-refractivity contribution in [3.8, 4) is 11.3 Å². The van der Waals surface area contributed by atoms with Gasteiger partial charge in [-0.3, -0.25) is 0 Å². The fraction of sp³-hybridized carbons (Fsp3) is 0.421. The van der Waals surface area contributed by atoms with Gasteiger partial charge in [0.15, 0.2) is 5.82 Å². The number of thioether (sulfide) groups is 1. The van der Waals surface area contributed by atoms with Crippen LogP contribution in [-0.4, -0.2) is 50.0 Å². The van der Waals surface area contributed by atoms with Gasteiger partial charge in [-0.25, -0.2) is 4.98 Å². The molecule has 138 valence electrons. The second-order valence-electron chi connectivity index (χ2n) is 6.11. The molecule has 0 bridgehead atoms. The second kappa shape index (κ2) is 9.00. The lowest BCUT2D eigenvalue weighted by Gasteiger charge is -2.18. The van der Waals surface area contributed by atoms with Gasteiger partial charge in [0.05, 0.1) is 24.7 Å². The van der Waals surface area contributed by atoms with Crippen LogP contribution >= 0.6 is 11.8 Å². The van der Waals surface area contributed by atoms with E-state index in [9.17, 15) is 0 Å². The summed E-state index contributed by atoms with van der Waals surface area (Å²) in [5, 5.41) is 8.45. The van der Waals surface area contributed by atoms with E-state index >= 15 is 0 Å². The van der Waals surface area contributed by atoms with Gasteiger partial charge in [0, 0.05) is 24.9 Å². The molecule has 2 aromatic heterocycles. The molecule has 1 aromatic carbocycles. The minimum atomic E-state index is 0.0520. The summed E-state index contributed by atoms with van der Waals surface area (Å²) in [6, 6.07) is 10.4. The summed E-state index contributed by atoms with van der Waals surface area (Å²) in [5.74, 6) is 1.97. The number of ether oxygens (including phenoxy) is 1. The van der Waals surface area contributed by atoms with Crippen LogP contribution in [0.4, 0.5) is 0 Å². The molecule has 0 aliphatic rings. The van der Waals surface area contributed by atoms with Gasteiger partial charge in [-0.1, -0.05) is 30.3 Å². The summed E-state index contributed by atoms with van der Waals surface area (Å²) in [6.07, 6.45) is 6.79. The molecule has 0 saturated carbocycles. The molecule has 7 heteroatoms. The van der Waals surface area contributed by atoms with Crippen molar-refractivity contribution in [2.45, 2.75) is 25.9 Å². The minimum absolute atomic E-state index is 0.0520. The fourth-order valence-electron chi connectivity index (χ4n) is 3.08. The summed E-state index contributed by atoms with van der Waals surface area (Å²) in [5.41, 5.74) is 3.43. The van der Waals surface area contributed by atoms with Crippen LogP contribution in [0.15, 0.2) is 43.0 Å². The highest BCUT2D eigenvalue weighted by molar-refractivity contribution is 7.98. The van der Waals surface area contributed by atoms with Crippen LogP contribution in [0.25, 0.3) is 11.3 Å². The van der Waals surface area contributed by atoms with Crippen molar-refractivity contribution in [1.29, 1.82) is 0 Å². The van der Waals surface area contributed by atoms with E-state index in [0.29, 0.717) is 6.61 Å². The topological polar surface area (TPSA) is 57.8 Å². The standard InChI is InChI=1S/C19H25N5OS/c1-15(19-22-21-14-23(19)10-11-25-2)24-13-20-18(17(24)9-12-26-3)16-7-5-4-6-8-16/h4-8,13-15H,9-12H2,1-3H3/t15-/m1/s1. The number of nitrogens with zero attached hydrogens (tertiary/aromatic N) is 5. The van der Waals surface area contributed by atoms with Crippen molar-refractivity contribution < 1.29 is 4.74 Å². The number of aromatic nitrogens is 5. The average molecular weight is 372 g/mol. The lowest BCUT2D eigenvalue weighted by atomic mass is 10.1. The zero-order valence-electron chi connectivity index (χ0n) is 15.5. The average Bonchev–Trinajstić information content (AvgIpc) is 3.31. The number of rotatable bonds is 9. The molecule has 0 radical (unpaired) electrons. The van der Waals surface area contributed by atoms with Gasteiger partial charge in [0.2, 0.25) is 0 Å². The Labute approximate surface area is 158 Å². The molecule has 0 N–H and O–H groups in total. The van der Waals surface area contributed by atoms with Gasteiger partial charge in [-0.2, -0.15) is 11.8 Å². The maximum atomic E-state index is 5.20. The van der Waals surface area contributed by atoms with Crippen molar-refractivity contribution in [1.82, 2.24) is 24.3 Å². The van der Waals surface area contributed by atoms with E-state index in [1.165, 1.54) is 5.69 Å². The Balaban J connectivity index is 1.96. The van der Waals surface area contributed by atoms with E-state index in [1.807, 2.05) is 24.2 Å². The molecule has 2 heterocycles. The highest BCUT2D eigenvalue weighted by Gasteiger charge is 2.21. The van der Waals surface area contributed by atoms with Gasteiger partial charge in [0.25, 0.3) is 0 Å². The van der Waals surface area contributed by atoms with Crippen molar-refractivity contribution in [2.24, 2.45) is 0 Å². The largest absolute Gasteiger partial charge is 0.383 e. The molecule has 6 nitrogen and oxygen atoms in total. The Morgan fingerprint density at radius 3 is 2.73 bits per heavy atom. The Kier molecular flexibility index (Phi) is 6.46. The number of imidazole rings is 1. The Morgan fingerprint density at radius 2 is 2.00 bits per heavy atom. The third-order valence-electron chi connectivity index (χ3n) is 4.46. The Hall–Kier alpha value is -2.12. The zero-order valence-corrected chi connectivity index (χ0v) is 16.3. The predicted molar refractivity (Wildman–Crippen MR) is 105 cm³/mol. The smallest absolute Gasteiger partial charge is 0.155 e. The van der Waals surface area contributed by atoms with Gasteiger partial charge in [-0.15, -0.1) is 10.2 Å². The third kappa shape index (κ3) is 3.99. The predicted octanol–water partition coefficient (Wildman–Crippen LogP) is 3.30. The zero-order chi connectivity index (χ0) is 18.4. The van der Waals surface area contributed by atoms with Crippen molar-refractivity contribution >= 4 is 11.8 Å². The van der Waals surface area contributed by atoms with E-state index in [0.717, 1.165) is 35.8 Å². The lowest BCUT2D eigenvalue weighted by Crippen LogP contribution is -2.17. The summed E-state index contributed by atoms with van der Waals surface area (Å²) in [7, 11) is 1.70. The molecule has 3 aromatic rings. The SMILES string of the molecule is COCCn1cnnc1[C@@H](C)n1cnc(-c2ccccc2)c1CCSC. The number of benzene rings is 1. The first kappa shape index (κ1) is 18.7. The van der Waals surface area contributed by atoms with Crippen LogP contribution in [0.1, 0.15) is 24.5 Å². The fourth-order valence-corrected chi connectivity index (χ4v) is 3.47. The molecular formula is C19H25N5OS. The number of hydrogen-bond acceptors (Lipinski definition) is 5.